The maximum Gasteiger partial charge on any atom is 0.253 e. The Hall–Kier alpha value is -1.51. The summed E-state index contributed by atoms with van der Waals surface area (Å²) >= 11 is 0. The summed E-state index contributed by atoms with van der Waals surface area (Å²) in [7, 11) is 0. The molecule has 2 rings (SSSR count). The van der Waals surface area contributed by atoms with Crippen molar-refractivity contribution in [1.82, 2.24) is 5.32 Å². The summed E-state index contributed by atoms with van der Waals surface area (Å²) in [5, 5.41) is 3.04. The van der Waals surface area contributed by atoms with Crippen LogP contribution in [0.4, 0.5) is 5.69 Å². The molecule has 3 N–H and O–H groups in total. The van der Waals surface area contributed by atoms with Crippen LogP contribution in [-0.2, 0) is 0 Å². The Kier molecular flexibility index (Phi) is 3.60. The highest BCUT2D eigenvalue weighted by Gasteiger charge is 2.35. The van der Waals surface area contributed by atoms with E-state index in [-0.39, 0.29) is 5.91 Å². The van der Waals surface area contributed by atoms with Crippen LogP contribution in [0.5, 0.6) is 0 Å². The van der Waals surface area contributed by atoms with Gasteiger partial charge >= 0.3 is 0 Å². The average molecular weight is 246 g/mol. The predicted octanol–water partition coefficient (Wildman–Crippen LogP) is 2.89. The number of hydrogen-bond acceptors (Lipinski definition) is 2. The lowest BCUT2D eigenvalue weighted by Gasteiger charge is -2.41. The van der Waals surface area contributed by atoms with E-state index >= 15 is 0 Å². The summed E-state index contributed by atoms with van der Waals surface area (Å²) in [6.07, 6.45) is 4.88. The molecule has 0 aliphatic heterocycles. The Morgan fingerprint density at radius 3 is 2.72 bits per heavy atom. The molecule has 1 aliphatic carbocycles. The first-order chi connectivity index (χ1) is 8.56. The van der Waals surface area contributed by atoms with Crippen molar-refractivity contribution < 1.29 is 4.79 Å². The smallest absolute Gasteiger partial charge is 0.253 e. The van der Waals surface area contributed by atoms with Crippen LogP contribution in [0.3, 0.4) is 0 Å². The molecule has 0 unspecified atom stereocenters. The van der Waals surface area contributed by atoms with Crippen molar-refractivity contribution in [3.05, 3.63) is 29.3 Å². The number of anilines is 1. The molecule has 1 aromatic rings. The summed E-state index contributed by atoms with van der Waals surface area (Å²) in [5.41, 5.74) is 8.40. The molecular formula is C15H22N2O. The fourth-order valence-electron chi connectivity index (χ4n) is 2.56. The van der Waals surface area contributed by atoms with Gasteiger partial charge in [0.1, 0.15) is 0 Å². The number of hydrogen-bond donors (Lipinski definition) is 2. The molecule has 1 aliphatic rings. The molecular weight excluding hydrogens is 224 g/mol. The first-order valence-electron chi connectivity index (χ1n) is 6.71. The normalized spacial score (nSPS) is 17.0. The van der Waals surface area contributed by atoms with Crippen molar-refractivity contribution in [2.75, 3.05) is 12.3 Å². The lowest BCUT2D eigenvalue weighted by atomic mass is 9.67. The minimum atomic E-state index is -0.0454. The van der Waals surface area contributed by atoms with E-state index in [1.54, 1.807) is 6.07 Å². The Balaban J connectivity index is 2.01. The minimum Gasteiger partial charge on any atom is -0.398 e. The van der Waals surface area contributed by atoms with E-state index in [0.29, 0.717) is 16.7 Å². The third-order valence-electron chi connectivity index (χ3n) is 4.24. The zero-order chi connectivity index (χ0) is 13.2. The number of carbonyl (C=O) groups excluding carboxylic acids is 1. The maximum absolute atomic E-state index is 12.1. The number of nitrogen functional groups attached to an aromatic ring is 1. The highest BCUT2D eigenvalue weighted by Crippen LogP contribution is 2.43. The molecule has 0 aromatic heterocycles. The lowest BCUT2D eigenvalue weighted by molar-refractivity contribution is 0.0851. The maximum atomic E-state index is 12.1. The Morgan fingerprint density at radius 1 is 1.44 bits per heavy atom. The molecule has 1 amide bonds. The number of rotatable bonds is 4. The Labute approximate surface area is 109 Å². The van der Waals surface area contributed by atoms with Gasteiger partial charge in [-0.3, -0.25) is 4.79 Å². The number of nitrogens with two attached hydrogens (primary N) is 1. The quantitative estimate of drug-likeness (QED) is 0.803. The Bertz CT molecular complexity index is 444. The molecule has 3 heteroatoms. The van der Waals surface area contributed by atoms with Gasteiger partial charge in [-0.2, -0.15) is 0 Å². The van der Waals surface area contributed by atoms with E-state index in [2.05, 4.69) is 12.2 Å². The monoisotopic (exact) mass is 246 g/mol. The van der Waals surface area contributed by atoms with Crippen LogP contribution >= 0.6 is 0 Å². The van der Waals surface area contributed by atoms with Gasteiger partial charge in [0.25, 0.3) is 5.91 Å². The van der Waals surface area contributed by atoms with Crippen LogP contribution in [0.2, 0.25) is 0 Å². The summed E-state index contributed by atoms with van der Waals surface area (Å²) in [6.45, 7) is 4.94. The summed E-state index contributed by atoms with van der Waals surface area (Å²) in [6, 6.07) is 5.57. The Morgan fingerprint density at radius 2 is 2.17 bits per heavy atom. The zero-order valence-corrected chi connectivity index (χ0v) is 11.3. The van der Waals surface area contributed by atoms with Gasteiger partial charge in [0.05, 0.1) is 5.56 Å². The largest absolute Gasteiger partial charge is 0.398 e. The highest BCUT2D eigenvalue weighted by molar-refractivity contribution is 5.99. The minimum absolute atomic E-state index is 0.0454. The second kappa shape index (κ2) is 5.01. The highest BCUT2D eigenvalue weighted by atomic mass is 16.1. The summed E-state index contributed by atoms with van der Waals surface area (Å²) in [5.74, 6) is -0.0454. The van der Waals surface area contributed by atoms with Gasteiger partial charge in [-0.05, 0) is 43.7 Å². The molecule has 0 saturated heterocycles. The van der Waals surface area contributed by atoms with Crippen molar-refractivity contribution in [3.8, 4) is 0 Å². The van der Waals surface area contributed by atoms with Crippen LogP contribution in [-0.4, -0.2) is 12.5 Å². The van der Waals surface area contributed by atoms with Crippen LogP contribution in [0, 0.1) is 12.3 Å². The molecule has 1 aromatic carbocycles. The van der Waals surface area contributed by atoms with Gasteiger partial charge in [0.2, 0.25) is 0 Å². The lowest BCUT2D eigenvalue weighted by Crippen LogP contribution is -2.41. The SMILES string of the molecule is CCC1(CNC(=O)c2cc(C)ccc2N)CCC1. The van der Waals surface area contributed by atoms with Crippen molar-refractivity contribution in [3.63, 3.8) is 0 Å². The van der Waals surface area contributed by atoms with Crippen LogP contribution in [0.15, 0.2) is 18.2 Å². The molecule has 0 radical (unpaired) electrons. The van der Waals surface area contributed by atoms with E-state index in [1.807, 2.05) is 19.1 Å². The predicted molar refractivity (Wildman–Crippen MR) is 74.5 cm³/mol. The third kappa shape index (κ3) is 2.50. The van der Waals surface area contributed by atoms with Crippen molar-refractivity contribution in [2.45, 2.75) is 39.5 Å². The van der Waals surface area contributed by atoms with Crippen molar-refractivity contribution >= 4 is 11.6 Å². The fraction of sp³-hybridized carbons (Fsp3) is 0.533. The average Bonchev–Trinajstić information content (AvgIpc) is 2.31. The number of aryl methyl sites for hydroxylation is 1. The van der Waals surface area contributed by atoms with E-state index in [4.69, 9.17) is 5.73 Å². The van der Waals surface area contributed by atoms with Gasteiger partial charge in [-0.25, -0.2) is 0 Å². The number of benzene rings is 1. The van der Waals surface area contributed by atoms with E-state index < -0.39 is 0 Å². The summed E-state index contributed by atoms with van der Waals surface area (Å²) in [4.78, 5) is 12.1. The molecule has 0 atom stereocenters. The first-order valence-corrected chi connectivity index (χ1v) is 6.71. The standard InChI is InChI=1S/C15H22N2O/c1-3-15(7-4-8-15)10-17-14(18)12-9-11(2)5-6-13(12)16/h5-6,9H,3-4,7-8,10,16H2,1-2H3,(H,17,18). The molecule has 98 valence electrons. The van der Waals surface area contributed by atoms with Gasteiger partial charge in [-0.1, -0.05) is 25.0 Å². The molecule has 0 spiro atoms. The van der Waals surface area contributed by atoms with Gasteiger partial charge in [0.15, 0.2) is 0 Å². The van der Waals surface area contributed by atoms with E-state index in [1.165, 1.54) is 19.3 Å². The fourth-order valence-corrected chi connectivity index (χ4v) is 2.56. The molecule has 1 fully saturated rings. The van der Waals surface area contributed by atoms with E-state index in [9.17, 15) is 4.79 Å². The van der Waals surface area contributed by atoms with Crippen LogP contribution in [0.1, 0.15) is 48.5 Å². The first kappa shape index (κ1) is 12.9. The number of amides is 1. The second-order valence-electron chi connectivity index (χ2n) is 5.48. The molecule has 3 nitrogen and oxygen atoms in total. The van der Waals surface area contributed by atoms with Crippen LogP contribution < -0.4 is 11.1 Å². The zero-order valence-electron chi connectivity index (χ0n) is 11.3. The van der Waals surface area contributed by atoms with Gasteiger partial charge < -0.3 is 11.1 Å². The summed E-state index contributed by atoms with van der Waals surface area (Å²) < 4.78 is 0. The molecule has 0 bridgehead atoms. The second-order valence-corrected chi connectivity index (χ2v) is 5.48. The van der Waals surface area contributed by atoms with E-state index in [0.717, 1.165) is 18.5 Å². The van der Waals surface area contributed by atoms with Crippen molar-refractivity contribution in [2.24, 2.45) is 5.41 Å². The van der Waals surface area contributed by atoms with Gasteiger partial charge in [-0.15, -0.1) is 0 Å². The van der Waals surface area contributed by atoms with Gasteiger partial charge in [0, 0.05) is 12.2 Å². The molecule has 1 saturated carbocycles. The topological polar surface area (TPSA) is 55.1 Å². The molecule has 0 heterocycles. The van der Waals surface area contributed by atoms with Crippen molar-refractivity contribution in [1.29, 1.82) is 0 Å². The number of carbonyl (C=O) groups is 1. The number of nitrogens with one attached hydrogen (secondary N) is 1. The molecule has 18 heavy (non-hydrogen) atoms. The third-order valence-corrected chi connectivity index (χ3v) is 4.24. The van der Waals surface area contributed by atoms with Crippen LogP contribution in [0.25, 0.3) is 0 Å².